The molecule has 0 saturated heterocycles. The number of hydrogen-bond acceptors (Lipinski definition) is 7. The first-order chi connectivity index (χ1) is 15.8. The van der Waals surface area contributed by atoms with Crippen molar-refractivity contribution in [1.29, 1.82) is 0 Å². The van der Waals surface area contributed by atoms with E-state index in [2.05, 4.69) is 40.7 Å². The molecule has 0 heterocycles. The molecule has 0 bridgehead atoms. The van der Waals surface area contributed by atoms with Crippen LogP contribution in [0.25, 0.3) is 0 Å². The third-order valence-electron chi connectivity index (χ3n) is 6.46. The van der Waals surface area contributed by atoms with Crippen LogP contribution in [-0.4, -0.2) is 173 Å². The van der Waals surface area contributed by atoms with E-state index in [4.69, 9.17) is 0 Å². The molecule has 3 amide bonds. The van der Waals surface area contributed by atoms with Crippen molar-refractivity contribution in [2.75, 3.05) is 121 Å². The van der Waals surface area contributed by atoms with Crippen LogP contribution in [0.5, 0.6) is 0 Å². The van der Waals surface area contributed by atoms with E-state index in [9.17, 15) is 14.4 Å². The monoisotopic (exact) mass is 485 g/mol. The van der Waals surface area contributed by atoms with Gasteiger partial charge in [-0.25, -0.2) is 0 Å². The van der Waals surface area contributed by atoms with Gasteiger partial charge < -0.3 is 29.4 Å². The topological polar surface area (TPSA) is 73.9 Å². The van der Waals surface area contributed by atoms with Crippen molar-refractivity contribution in [3.8, 4) is 0 Å². The summed E-state index contributed by atoms with van der Waals surface area (Å²) in [6.45, 7) is 15.1. The van der Waals surface area contributed by atoms with Gasteiger partial charge in [-0.15, -0.1) is 0 Å². The number of rotatable bonds is 18. The van der Waals surface area contributed by atoms with E-state index in [1.165, 1.54) is 0 Å². The number of likely N-dealkylation sites (N-methyl/N-ethyl adjacent to an activating group) is 6. The summed E-state index contributed by atoms with van der Waals surface area (Å²) in [4.78, 5) is 48.8. The molecule has 34 heavy (non-hydrogen) atoms. The molecule has 0 spiro atoms. The second-order valence-electron chi connectivity index (χ2n) is 9.57. The van der Waals surface area contributed by atoms with Gasteiger partial charge in [0.25, 0.3) is 0 Å². The zero-order chi connectivity index (χ0) is 26.3. The fraction of sp³-hybridized carbons (Fsp3) is 0.875. The molecule has 0 atom stereocenters. The molecule has 0 aliphatic rings. The molecule has 0 aliphatic carbocycles. The second kappa shape index (κ2) is 17.7. The minimum Gasteiger partial charge on any atom is -0.345 e. The lowest BCUT2D eigenvalue weighted by molar-refractivity contribution is -0.128. The molecule has 200 valence electrons. The predicted molar refractivity (Wildman–Crippen MR) is 139 cm³/mol. The maximum atomic E-state index is 11.4. The van der Waals surface area contributed by atoms with Gasteiger partial charge in [0.15, 0.2) is 0 Å². The summed E-state index contributed by atoms with van der Waals surface area (Å²) in [6, 6.07) is 0. The molecule has 10 nitrogen and oxygen atoms in total. The number of carbonyl (C=O) groups is 3. The van der Waals surface area contributed by atoms with Crippen molar-refractivity contribution in [3.63, 3.8) is 0 Å². The number of carbonyl (C=O) groups excluding carboxylic acids is 3. The Labute approximate surface area is 208 Å². The Balaban J connectivity index is 4.67. The van der Waals surface area contributed by atoms with Crippen molar-refractivity contribution in [2.24, 2.45) is 0 Å². The molecule has 10 heteroatoms. The van der Waals surface area contributed by atoms with Gasteiger partial charge in [-0.3, -0.25) is 19.3 Å². The molecule has 0 saturated carbocycles. The molecule has 0 aliphatic heterocycles. The normalized spacial score (nSPS) is 11.6. The van der Waals surface area contributed by atoms with Gasteiger partial charge >= 0.3 is 0 Å². The molecule has 0 aromatic carbocycles. The largest absolute Gasteiger partial charge is 0.345 e. The van der Waals surface area contributed by atoms with E-state index >= 15 is 0 Å². The van der Waals surface area contributed by atoms with Crippen LogP contribution >= 0.6 is 0 Å². The quantitative estimate of drug-likeness (QED) is 0.260. The Bertz CT molecular complexity index is 524. The zero-order valence-corrected chi connectivity index (χ0v) is 23.3. The van der Waals surface area contributed by atoms with Crippen molar-refractivity contribution >= 4 is 17.7 Å². The van der Waals surface area contributed by atoms with E-state index < -0.39 is 0 Å². The summed E-state index contributed by atoms with van der Waals surface area (Å²) < 4.78 is 0. The van der Waals surface area contributed by atoms with Crippen molar-refractivity contribution < 1.29 is 14.4 Å². The van der Waals surface area contributed by atoms with Crippen molar-refractivity contribution in [1.82, 2.24) is 34.3 Å². The molecule has 0 N–H and O–H groups in total. The lowest BCUT2D eigenvalue weighted by Gasteiger charge is -2.30. The first-order valence-corrected chi connectivity index (χ1v) is 12.3. The summed E-state index contributed by atoms with van der Waals surface area (Å²) >= 11 is 0. The summed E-state index contributed by atoms with van der Waals surface area (Å²) in [5.74, 6) is 0.269. The minimum absolute atomic E-state index is 0.0898. The Kier molecular flexibility index (Phi) is 16.7. The molecular formula is C24H51N7O3. The maximum absolute atomic E-state index is 11.4. The van der Waals surface area contributed by atoms with Gasteiger partial charge in [-0.05, 0) is 21.1 Å². The fourth-order valence-corrected chi connectivity index (χ4v) is 3.04. The number of amides is 3. The maximum Gasteiger partial charge on any atom is 0.219 e. The summed E-state index contributed by atoms with van der Waals surface area (Å²) in [5, 5.41) is 0. The van der Waals surface area contributed by atoms with Gasteiger partial charge in [0.05, 0.1) is 0 Å². The highest BCUT2D eigenvalue weighted by atomic mass is 16.2. The number of hydrogen-bond donors (Lipinski definition) is 0. The molecule has 0 rings (SSSR count). The van der Waals surface area contributed by atoms with E-state index in [0.29, 0.717) is 0 Å². The highest BCUT2D eigenvalue weighted by molar-refractivity contribution is 5.73. The van der Waals surface area contributed by atoms with Crippen LogP contribution in [-0.2, 0) is 14.4 Å². The summed E-state index contributed by atoms with van der Waals surface area (Å²) in [7, 11) is 11.8. The van der Waals surface area contributed by atoms with Crippen LogP contribution in [0.2, 0.25) is 0 Å². The summed E-state index contributed by atoms with van der Waals surface area (Å²) in [6.07, 6.45) is 0. The second-order valence-corrected chi connectivity index (χ2v) is 9.57. The van der Waals surface area contributed by atoms with Gasteiger partial charge in [0, 0.05) is 120 Å². The van der Waals surface area contributed by atoms with E-state index in [1.54, 1.807) is 35.5 Å². The average Bonchev–Trinajstić information content (AvgIpc) is 2.78. The Morgan fingerprint density at radius 1 is 0.382 bits per heavy atom. The van der Waals surface area contributed by atoms with E-state index in [0.717, 1.165) is 78.5 Å². The third-order valence-corrected chi connectivity index (χ3v) is 6.46. The van der Waals surface area contributed by atoms with Crippen LogP contribution < -0.4 is 0 Å². The van der Waals surface area contributed by atoms with Gasteiger partial charge in [0.2, 0.25) is 17.7 Å². The molecule has 0 fully saturated rings. The lowest BCUT2D eigenvalue weighted by atomic mass is 10.3. The fourth-order valence-electron chi connectivity index (χ4n) is 3.04. The molecule has 0 aromatic rings. The van der Waals surface area contributed by atoms with E-state index in [-0.39, 0.29) is 17.7 Å². The number of nitrogens with zero attached hydrogens (tertiary/aromatic N) is 7. The predicted octanol–water partition coefficient (Wildman–Crippen LogP) is -0.481. The first-order valence-electron chi connectivity index (χ1n) is 12.3. The Hall–Kier alpha value is -1.75. The highest BCUT2D eigenvalue weighted by Gasteiger charge is 2.12. The molecule has 0 unspecified atom stereocenters. The van der Waals surface area contributed by atoms with Gasteiger partial charge in [-0.2, -0.15) is 0 Å². The lowest BCUT2D eigenvalue weighted by Crippen LogP contribution is -2.44. The van der Waals surface area contributed by atoms with Crippen molar-refractivity contribution in [2.45, 2.75) is 20.8 Å². The molecule has 0 aromatic heterocycles. The zero-order valence-electron chi connectivity index (χ0n) is 23.3. The van der Waals surface area contributed by atoms with Crippen LogP contribution in [0, 0.1) is 0 Å². The van der Waals surface area contributed by atoms with Crippen LogP contribution in [0.1, 0.15) is 20.8 Å². The molecule has 0 radical (unpaired) electrons. The Morgan fingerprint density at radius 3 is 0.794 bits per heavy atom. The molecular weight excluding hydrogens is 434 g/mol. The van der Waals surface area contributed by atoms with Crippen LogP contribution in [0.3, 0.4) is 0 Å². The average molecular weight is 486 g/mol. The Morgan fingerprint density at radius 2 is 0.588 bits per heavy atom. The third kappa shape index (κ3) is 16.0. The minimum atomic E-state index is 0.0898. The van der Waals surface area contributed by atoms with Gasteiger partial charge in [-0.1, -0.05) is 0 Å². The van der Waals surface area contributed by atoms with Gasteiger partial charge in [0.1, 0.15) is 0 Å². The van der Waals surface area contributed by atoms with Crippen LogP contribution in [0.4, 0.5) is 0 Å². The van der Waals surface area contributed by atoms with Crippen LogP contribution in [0.15, 0.2) is 0 Å². The smallest absolute Gasteiger partial charge is 0.219 e. The standard InChI is InChI=1S/C24H51N7O3/c1-22(32)28(7)16-10-25(4)13-19-31(20-14-26(5)11-17-29(8)23(2)33)21-15-27(6)12-18-30(9)24(3)34/h10-21H2,1-9H3. The SMILES string of the molecule is CC(=O)N(C)CCN(C)CCN(CCN(C)CCN(C)C(C)=O)CCN(C)CCN(C)C(C)=O. The first kappa shape index (κ1) is 32.2. The van der Waals surface area contributed by atoms with E-state index in [1.807, 2.05) is 21.1 Å². The highest BCUT2D eigenvalue weighted by Crippen LogP contribution is 1.97. The van der Waals surface area contributed by atoms with Crippen molar-refractivity contribution in [3.05, 3.63) is 0 Å². The summed E-state index contributed by atoms with van der Waals surface area (Å²) in [5.41, 5.74) is 0.